The number of carbonyl (C=O) groups excluding carboxylic acids is 1. The first-order valence-electron chi connectivity index (χ1n) is 9.18. The van der Waals surface area contributed by atoms with E-state index in [0.29, 0.717) is 5.02 Å². The van der Waals surface area contributed by atoms with Gasteiger partial charge in [-0.05, 0) is 61.9 Å². The van der Waals surface area contributed by atoms with Crippen molar-refractivity contribution in [1.29, 1.82) is 0 Å². The summed E-state index contributed by atoms with van der Waals surface area (Å²) >= 11 is 12.0. The fourth-order valence-electron chi connectivity index (χ4n) is 2.79. The molecule has 0 saturated heterocycles. The van der Waals surface area contributed by atoms with E-state index >= 15 is 0 Å². The van der Waals surface area contributed by atoms with Crippen LogP contribution in [0.1, 0.15) is 11.1 Å². The normalized spacial score (nSPS) is 11.3. The Labute approximate surface area is 190 Å². The summed E-state index contributed by atoms with van der Waals surface area (Å²) in [6.45, 7) is 3.11. The van der Waals surface area contributed by atoms with Gasteiger partial charge >= 0.3 is 0 Å². The van der Waals surface area contributed by atoms with Crippen LogP contribution in [0.4, 0.5) is 15.8 Å². The molecule has 1 N–H and O–H groups in total. The Balaban J connectivity index is 1.97. The second-order valence-corrected chi connectivity index (χ2v) is 9.61. The lowest BCUT2D eigenvalue weighted by molar-refractivity contribution is -0.114. The van der Waals surface area contributed by atoms with Gasteiger partial charge in [-0.1, -0.05) is 47.0 Å². The molecule has 0 saturated carbocycles. The van der Waals surface area contributed by atoms with Crippen LogP contribution in [0.5, 0.6) is 0 Å². The number of sulfonamides is 1. The van der Waals surface area contributed by atoms with Crippen LogP contribution in [0.25, 0.3) is 0 Å². The van der Waals surface area contributed by atoms with Crippen LogP contribution < -0.4 is 9.62 Å². The van der Waals surface area contributed by atoms with Gasteiger partial charge in [0.05, 0.1) is 15.6 Å². The highest BCUT2D eigenvalue weighted by Gasteiger charge is 2.27. The number of nitrogens with one attached hydrogen (secondary N) is 1. The molecule has 3 aromatic rings. The van der Waals surface area contributed by atoms with Gasteiger partial charge in [-0.15, -0.1) is 0 Å². The van der Waals surface area contributed by atoms with E-state index in [1.165, 1.54) is 30.3 Å². The highest BCUT2D eigenvalue weighted by molar-refractivity contribution is 7.92. The van der Waals surface area contributed by atoms with Gasteiger partial charge < -0.3 is 5.32 Å². The number of aryl methyl sites for hydroxylation is 2. The maximum absolute atomic E-state index is 13.4. The van der Waals surface area contributed by atoms with Crippen molar-refractivity contribution >= 4 is 50.5 Å². The van der Waals surface area contributed by atoms with E-state index in [2.05, 4.69) is 5.32 Å². The maximum atomic E-state index is 13.4. The third-order valence-electron chi connectivity index (χ3n) is 4.54. The quantitative estimate of drug-likeness (QED) is 0.500. The molecule has 9 heteroatoms. The van der Waals surface area contributed by atoms with Gasteiger partial charge in [-0.3, -0.25) is 9.10 Å². The van der Waals surface area contributed by atoms with Crippen molar-refractivity contribution in [2.24, 2.45) is 0 Å². The molecule has 0 bridgehead atoms. The summed E-state index contributed by atoms with van der Waals surface area (Å²) in [5, 5.41) is 2.75. The third kappa shape index (κ3) is 5.36. The zero-order chi connectivity index (χ0) is 22.8. The van der Waals surface area contributed by atoms with Crippen molar-refractivity contribution in [2.75, 3.05) is 16.2 Å². The first kappa shape index (κ1) is 23.1. The number of anilines is 2. The molecule has 0 heterocycles. The van der Waals surface area contributed by atoms with Crippen molar-refractivity contribution in [1.82, 2.24) is 0 Å². The molecule has 162 valence electrons. The van der Waals surface area contributed by atoms with Crippen molar-refractivity contribution in [3.63, 3.8) is 0 Å². The van der Waals surface area contributed by atoms with Gasteiger partial charge in [0.25, 0.3) is 10.0 Å². The van der Waals surface area contributed by atoms with Gasteiger partial charge in [0.1, 0.15) is 12.4 Å². The van der Waals surface area contributed by atoms with Crippen LogP contribution in [-0.4, -0.2) is 20.9 Å². The van der Waals surface area contributed by atoms with Gasteiger partial charge in [-0.2, -0.15) is 0 Å². The van der Waals surface area contributed by atoms with Crippen LogP contribution >= 0.6 is 23.2 Å². The minimum atomic E-state index is -4.07. The molecule has 0 fully saturated rings. The zero-order valence-electron chi connectivity index (χ0n) is 16.7. The molecule has 0 atom stereocenters. The van der Waals surface area contributed by atoms with E-state index in [9.17, 15) is 17.6 Å². The maximum Gasteiger partial charge on any atom is 0.264 e. The lowest BCUT2D eigenvalue weighted by Gasteiger charge is -2.24. The molecule has 0 spiro atoms. The monoisotopic (exact) mass is 480 g/mol. The number of halogens is 3. The molecule has 0 aliphatic carbocycles. The summed E-state index contributed by atoms with van der Waals surface area (Å²) in [5.74, 6) is -1.26. The fraction of sp³-hybridized carbons (Fsp3) is 0.136. The molecule has 0 aliphatic rings. The first-order valence-corrected chi connectivity index (χ1v) is 11.4. The Hall–Kier alpha value is -2.61. The lowest BCUT2D eigenvalue weighted by Crippen LogP contribution is -2.38. The Morgan fingerprint density at radius 1 is 0.968 bits per heavy atom. The molecule has 3 aromatic carbocycles. The zero-order valence-corrected chi connectivity index (χ0v) is 19.0. The van der Waals surface area contributed by atoms with Crippen LogP contribution in [0.2, 0.25) is 10.0 Å². The number of nitrogens with zero attached hydrogens (tertiary/aromatic N) is 1. The van der Waals surface area contributed by atoms with Crippen LogP contribution in [0, 0.1) is 19.7 Å². The Bertz CT molecular complexity index is 1230. The number of amides is 1. The number of hydrogen-bond donors (Lipinski definition) is 1. The Morgan fingerprint density at radius 2 is 1.65 bits per heavy atom. The summed E-state index contributed by atoms with van der Waals surface area (Å²) < 4.78 is 41.1. The average Bonchev–Trinajstić information content (AvgIpc) is 2.71. The van der Waals surface area contributed by atoms with Crippen molar-refractivity contribution in [3.05, 3.63) is 87.7 Å². The van der Waals surface area contributed by atoms with Crippen LogP contribution in [0.3, 0.4) is 0 Å². The Kier molecular flexibility index (Phi) is 6.89. The molecule has 0 aliphatic heterocycles. The van der Waals surface area contributed by atoms with Crippen molar-refractivity contribution in [2.45, 2.75) is 18.7 Å². The lowest BCUT2D eigenvalue weighted by atomic mass is 10.2. The van der Waals surface area contributed by atoms with Crippen molar-refractivity contribution < 1.29 is 17.6 Å². The predicted molar refractivity (Wildman–Crippen MR) is 122 cm³/mol. The molecule has 0 radical (unpaired) electrons. The van der Waals surface area contributed by atoms with E-state index in [1.807, 2.05) is 6.92 Å². The first-order chi connectivity index (χ1) is 14.6. The minimum Gasteiger partial charge on any atom is -0.324 e. The SMILES string of the molecule is Cc1ccc(S(=O)(=O)N(CC(=O)Nc2ccc(F)c(Cl)c2)c2ccc(C)c(Cl)c2)cc1. The summed E-state index contributed by atoms with van der Waals surface area (Å²) in [7, 11) is -4.07. The Morgan fingerprint density at radius 3 is 2.26 bits per heavy atom. The number of rotatable bonds is 6. The van der Waals surface area contributed by atoms with Gasteiger partial charge in [0.2, 0.25) is 5.91 Å². The third-order valence-corrected chi connectivity index (χ3v) is 7.03. The van der Waals surface area contributed by atoms with E-state index in [1.54, 1.807) is 31.2 Å². The molecule has 0 aromatic heterocycles. The van der Waals surface area contributed by atoms with Crippen molar-refractivity contribution in [3.8, 4) is 0 Å². The van der Waals surface area contributed by atoms with Gasteiger partial charge in [-0.25, -0.2) is 12.8 Å². The molecular formula is C22H19Cl2FN2O3S. The molecule has 3 rings (SSSR count). The van der Waals surface area contributed by atoms with E-state index < -0.39 is 28.3 Å². The molecule has 1 amide bonds. The van der Waals surface area contributed by atoms with E-state index in [0.717, 1.165) is 21.5 Å². The van der Waals surface area contributed by atoms with Gasteiger partial charge in [0, 0.05) is 10.7 Å². The summed E-state index contributed by atoms with van der Waals surface area (Å²) in [6.07, 6.45) is 0. The second-order valence-electron chi connectivity index (χ2n) is 6.94. The molecule has 5 nitrogen and oxygen atoms in total. The smallest absolute Gasteiger partial charge is 0.264 e. The average molecular weight is 481 g/mol. The number of hydrogen-bond acceptors (Lipinski definition) is 3. The highest BCUT2D eigenvalue weighted by Crippen LogP contribution is 2.28. The van der Waals surface area contributed by atoms with Crippen LogP contribution in [-0.2, 0) is 14.8 Å². The summed E-state index contributed by atoms with van der Waals surface area (Å²) in [5.41, 5.74) is 2.15. The molecule has 0 unspecified atom stereocenters. The standard InChI is InChI=1S/C22H19Cl2FN2O3S/c1-14-3-8-18(9-4-14)31(29,30)27(17-7-5-15(2)19(23)12-17)13-22(28)26-16-6-10-21(25)20(24)11-16/h3-12H,13H2,1-2H3,(H,26,28). The second kappa shape index (κ2) is 9.26. The molecule has 31 heavy (non-hydrogen) atoms. The number of benzene rings is 3. The van der Waals surface area contributed by atoms with Gasteiger partial charge in [0.15, 0.2) is 0 Å². The van der Waals surface area contributed by atoms with Crippen LogP contribution in [0.15, 0.2) is 65.6 Å². The number of carbonyl (C=O) groups is 1. The summed E-state index contributed by atoms with van der Waals surface area (Å²) in [6, 6.07) is 14.7. The molecular weight excluding hydrogens is 462 g/mol. The highest BCUT2D eigenvalue weighted by atomic mass is 35.5. The fourth-order valence-corrected chi connectivity index (χ4v) is 4.56. The van der Waals surface area contributed by atoms with E-state index in [4.69, 9.17) is 23.2 Å². The van der Waals surface area contributed by atoms with E-state index in [-0.39, 0.29) is 21.3 Å². The topological polar surface area (TPSA) is 66.5 Å². The largest absolute Gasteiger partial charge is 0.324 e. The summed E-state index contributed by atoms with van der Waals surface area (Å²) in [4.78, 5) is 12.7. The predicted octanol–water partition coefficient (Wildman–Crippen LogP) is 5.58. The minimum absolute atomic E-state index is 0.0347.